The average molecular weight is 274 g/mol. The number of rotatable bonds is 7. The minimum atomic E-state index is 0.0466. The number of alkyl halides is 1. The highest BCUT2D eigenvalue weighted by molar-refractivity contribution is 6.30. The predicted octanol–water partition coefficient (Wildman–Crippen LogP) is 4.74. The lowest BCUT2D eigenvalue weighted by Gasteiger charge is -2.23. The first-order chi connectivity index (χ1) is 8.17. The van der Waals surface area contributed by atoms with Gasteiger partial charge >= 0.3 is 0 Å². The molecular weight excluding hydrogens is 253 g/mol. The Labute approximate surface area is 115 Å². The van der Waals surface area contributed by atoms with Gasteiger partial charge < -0.3 is 4.90 Å². The second kappa shape index (κ2) is 7.97. The van der Waals surface area contributed by atoms with Crippen molar-refractivity contribution < 1.29 is 0 Å². The summed E-state index contributed by atoms with van der Waals surface area (Å²) in [5.74, 6) is 0. The second-order valence-electron chi connectivity index (χ2n) is 4.32. The van der Waals surface area contributed by atoms with E-state index in [1.165, 1.54) is 12.8 Å². The van der Waals surface area contributed by atoms with Crippen LogP contribution in [0.15, 0.2) is 24.3 Å². The van der Waals surface area contributed by atoms with Crippen LogP contribution in [0.3, 0.4) is 0 Å². The number of hydrogen-bond donors (Lipinski definition) is 0. The van der Waals surface area contributed by atoms with Crippen LogP contribution < -0.4 is 0 Å². The first-order valence-corrected chi connectivity index (χ1v) is 7.10. The molecule has 1 rings (SSSR count). The molecule has 1 atom stereocenters. The van der Waals surface area contributed by atoms with Gasteiger partial charge in [0.15, 0.2) is 0 Å². The summed E-state index contributed by atoms with van der Waals surface area (Å²) in [6, 6.07) is 7.82. The number of halogens is 2. The molecule has 1 aromatic rings. The van der Waals surface area contributed by atoms with E-state index in [1.807, 2.05) is 24.3 Å². The van der Waals surface area contributed by atoms with Crippen molar-refractivity contribution in [2.45, 2.75) is 32.1 Å². The zero-order valence-corrected chi connectivity index (χ0v) is 12.1. The third-order valence-electron chi connectivity index (χ3n) is 2.73. The zero-order valence-electron chi connectivity index (χ0n) is 10.6. The van der Waals surface area contributed by atoms with E-state index in [4.69, 9.17) is 23.2 Å². The van der Waals surface area contributed by atoms with Crippen LogP contribution in [0, 0.1) is 0 Å². The molecular formula is C14H21Cl2N. The Balaban J connectivity index is 2.56. The average Bonchev–Trinajstić information content (AvgIpc) is 2.30. The monoisotopic (exact) mass is 273 g/mol. The highest BCUT2D eigenvalue weighted by Crippen LogP contribution is 2.23. The highest BCUT2D eigenvalue weighted by atomic mass is 35.5. The molecule has 0 fully saturated rings. The Kier molecular flexibility index (Phi) is 6.94. The summed E-state index contributed by atoms with van der Waals surface area (Å²) in [6.45, 7) is 7.54. The van der Waals surface area contributed by atoms with Gasteiger partial charge in [0, 0.05) is 11.6 Å². The Morgan fingerprint density at radius 3 is 2.06 bits per heavy atom. The van der Waals surface area contributed by atoms with Gasteiger partial charge in [-0.1, -0.05) is 37.6 Å². The van der Waals surface area contributed by atoms with E-state index in [1.54, 1.807) is 0 Å². The van der Waals surface area contributed by atoms with E-state index in [0.717, 1.165) is 30.2 Å². The van der Waals surface area contributed by atoms with E-state index in [9.17, 15) is 0 Å². The molecule has 0 amide bonds. The molecule has 0 saturated heterocycles. The van der Waals surface area contributed by atoms with Gasteiger partial charge in [0.25, 0.3) is 0 Å². The summed E-state index contributed by atoms with van der Waals surface area (Å²) in [5, 5.41) is 0.807. The van der Waals surface area contributed by atoms with Gasteiger partial charge in [0.2, 0.25) is 0 Å². The fourth-order valence-corrected chi connectivity index (χ4v) is 2.40. The molecule has 0 aliphatic carbocycles. The maximum atomic E-state index is 6.44. The Morgan fingerprint density at radius 1 is 1.06 bits per heavy atom. The molecule has 3 heteroatoms. The third kappa shape index (κ3) is 5.29. The molecule has 0 saturated carbocycles. The van der Waals surface area contributed by atoms with Gasteiger partial charge in [0.1, 0.15) is 0 Å². The smallest absolute Gasteiger partial charge is 0.0712 e. The maximum absolute atomic E-state index is 6.44. The van der Waals surface area contributed by atoms with Crippen molar-refractivity contribution >= 4 is 23.2 Å². The van der Waals surface area contributed by atoms with Crippen LogP contribution in [0.25, 0.3) is 0 Å². The van der Waals surface area contributed by atoms with Gasteiger partial charge in [0.05, 0.1) is 5.38 Å². The Morgan fingerprint density at radius 2 is 1.59 bits per heavy atom. The molecule has 0 spiro atoms. The predicted molar refractivity (Wildman–Crippen MR) is 77.1 cm³/mol. The lowest BCUT2D eigenvalue weighted by atomic mass is 10.1. The summed E-state index contributed by atoms with van der Waals surface area (Å²) in [5.41, 5.74) is 1.15. The fourth-order valence-electron chi connectivity index (χ4n) is 1.93. The first kappa shape index (κ1) is 14.8. The van der Waals surface area contributed by atoms with Crippen molar-refractivity contribution in [1.82, 2.24) is 4.90 Å². The summed E-state index contributed by atoms with van der Waals surface area (Å²) >= 11 is 12.3. The molecule has 0 aliphatic heterocycles. The van der Waals surface area contributed by atoms with E-state index in [0.29, 0.717) is 0 Å². The van der Waals surface area contributed by atoms with Crippen LogP contribution in [-0.2, 0) is 0 Å². The van der Waals surface area contributed by atoms with Crippen molar-refractivity contribution in [1.29, 1.82) is 0 Å². The fraction of sp³-hybridized carbons (Fsp3) is 0.571. The molecule has 96 valence electrons. The van der Waals surface area contributed by atoms with E-state index >= 15 is 0 Å². The highest BCUT2D eigenvalue weighted by Gasteiger charge is 2.12. The van der Waals surface area contributed by atoms with Gasteiger partial charge in [-0.15, -0.1) is 11.6 Å². The Hall–Kier alpha value is -0.240. The lowest BCUT2D eigenvalue weighted by Crippen LogP contribution is -2.28. The largest absolute Gasteiger partial charge is 0.302 e. The number of hydrogen-bond acceptors (Lipinski definition) is 1. The molecule has 0 radical (unpaired) electrons. The van der Waals surface area contributed by atoms with Crippen LogP contribution in [0.5, 0.6) is 0 Å². The van der Waals surface area contributed by atoms with Crippen LogP contribution in [-0.4, -0.2) is 24.5 Å². The molecule has 1 nitrogen and oxygen atoms in total. The van der Waals surface area contributed by atoms with Crippen molar-refractivity contribution in [2.24, 2.45) is 0 Å². The topological polar surface area (TPSA) is 3.24 Å². The Bertz CT molecular complexity index is 305. The summed E-state index contributed by atoms with van der Waals surface area (Å²) < 4.78 is 0. The first-order valence-electron chi connectivity index (χ1n) is 6.29. The summed E-state index contributed by atoms with van der Waals surface area (Å²) in [4.78, 5) is 2.42. The van der Waals surface area contributed by atoms with Gasteiger partial charge in [-0.3, -0.25) is 0 Å². The van der Waals surface area contributed by atoms with Gasteiger partial charge in [-0.25, -0.2) is 0 Å². The van der Waals surface area contributed by atoms with E-state index in [2.05, 4.69) is 18.7 Å². The van der Waals surface area contributed by atoms with Crippen molar-refractivity contribution in [2.75, 3.05) is 19.6 Å². The van der Waals surface area contributed by atoms with E-state index in [-0.39, 0.29) is 5.38 Å². The molecule has 0 N–H and O–H groups in total. The quantitative estimate of drug-likeness (QED) is 0.649. The molecule has 1 aromatic carbocycles. The van der Waals surface area contributed by atoms with Gasteiger partial charge in [-0.05, 0) is 43.6 Å². The standard InChI is InChI=1S/C14H21Cl2N/c1-3-9-17(10-4-2)11-14(16)12-5-7-13(15)8-6-12/h5-8,14H,3-4,9-11H2,1-2H3. The molecule has 0 bridgehead atoms. The maximum Gasteiger partial charge on any atom is 0.0712 e. The number of nitrogens with zero attached hydrogens (tertiary/aromatic N) is 1. The molecule has 0 heterocycles. The molecule has 0 aromatic heterocycles. The normalized spacial score (nSPS) is 13.0. The van der Waals surface area contributed by atoms with Crippen molar-refractivity contribution in [3.05, 3.63) is 34.9 Å². The summed E-state index contributed by atoms with van der Waals surface area (Å²) in [6.07, 6.45) is 2.34. The van der Waals surface area contributed by atoms with Crippen LogP contribution in [0.1, 0.15) is 37.6 Å². The zero-order chi connectivity index (χ0) is 12.7. The third-order valence-corrected chi connectivity index (χ3v) is 3.37. The summed E-state index contributed by atoms with van der Waals surface area (Å²) in [7, 11) is 0. The van der Waals surface area contributed by atoms with Gasteiger partial charge in [-0.2, -0.15) is 0 Å². The molecule has 1 unspecified atom stereocenters. The van der Waals surface area contributed by atoms with Crippen molar-refractivity contribution in [3.63, 3.8) is 0 Å². The van der Waals surface area contributed by atoms with Crippen molar-refractivity contribution in [3.8, 4) is 0 Å². The SMILES string of the molecule is CCCN(CCC)CC(Cl)c1ccc(Cl)cc1. The number of benzene rings is 1. The minimum absolute atomic E-state index is 0.0466. The second-order valence-corrected chi connectivity index (χ2v) is 5.28. The molecule has 0 aliphatic rings. The van der Waals surface area contributed by atoms with E-state index < -0.39 is 0 Å². The molecule has 17 heavy (non-hydrogen) atoms. The minimum Gasteiger partial charge on any atom is -0.302 e. The van der Waals surface area contributed by atoms with Crippen LogP contribution >= 0.6 is 23.2 Å². The van der Waals surface area contributed by atoms with Crippen LogP contribution in [0.4, 0.5) is 0 Å². The lowest BCUT2D eigenvalue weighted by molar-refractivity contribution is 0.275. The van der Waals surface area contributed by atoms with Crippen LogP contribution in [0.2, 0.25) is 5.02 Å².